The van der Waals surface area contributed by atoms with E-state index in [1.807, 2.05) is 6.07 Å². The molecule has 0 aliphatic heterocycles. The van der Waals surface area contributed by atoms with Gasteiger partial charge in [-0.1, -0.05) is 30.4 Å². The highest BCUT2D eigenvalue weighted by molar-refractivity contribution is 7.80. The maximum absolute atomic E-state index is 13.3. The van der Waals surface area contributed by atoms with E-state index in [-0.39, 0.29) is 11.2 Å². The zero-order valence-electron chi connectivity index (χ0n) is 9.62. The van der Waals surface area contributed by atoms with Crippen molar-refractivity contribution in [3.63, 3.8) is 0 Å². The van der Waals surface area contributed by atoms with E-state index in [0.717, 1.165) is 19.3 Å². The first kappa shape index (κ1) is 12.5. The SMILES string of the molecule is NC(=S)CC1(COCc2ccccc2F)CC1. The van der Waals surface area contributed by atoms with E-state index < -0.39 is 0 Å². The summed E-state index contributed by atoms with van der Waals surface area (Å²) in [6.07, 6.45) is 2.93. The molecule has 0 unspecified atom stereocenters. The predicted octanol–water partition coefficient (Wildman–Crippen LogP) is 2.80. The number of nitrogens with two attached hydrogens (primary N) is 1. The van der Waals surface area contributed by atoms with E-state index in [0.29, 0.717) is 23.8 Å². The molecule has 1 aromatic rings. The number of rotatable bonds is 6. The van der Waals surface area contributed by atoms with Crippen molar-refractivity contribution in [1.82, 2.24) is 0 Å². The summed E-state index contributed by atoms with van der Waals surface area (Å²) in [5.41, 5.74) is 6.27. The largest absolute Gasteiger partial charge is 0.393 e. The Kier molecular flexibility index (Phi) is 3.74. The smallest absolute Gasteiger partial charge is 0.128 e. The molecule has 2 rings (SSSR count). The molecule has 1 aliphatic rings. The van der Waals surface area contributed by atoms with Gasteiger partial charge < -0.3 is 10.5 Å². The highest BCUT2D eigenvalue weighted by Gasteiger charge is 2.43. The lowest BCUT2D eigenvalue weighted by atomic mass is 10.0. The Bertz CT molecular complexity index is 418. The Hall–Kier alpha value is -1.00. The average Bonchev–Trinajstić information content (AvgIpc) is 3.00. The van der Waals surface area contributed by atoms with Gasteiger partial charge in [-0.3, -0.25) is 0 Å². The van der Waals surface area contributed by atoms with Crippen LogP contribution in [0.2, 0.25) is 0 Å². The lowest BCUT2D eigenvalue weighted by Gasteiger charge is -2.14. The molecule has 1 saturated carbocycles. The Morgan fingerprint density at radius 1 is 1.41 bits per heavy atom. The summed E-state index contributed by atoms with van der Waals surface area (Å²) in [7, 11) is 0. The molecule has 4 heteroatoms. The van der Waals surface area contributed by atoms with E-state index in [1.54, 1.807) is 12.1 Å². The van der Waals surface area contributed by atoms with Crippen LogP contribution in [0.5, 0.6) is 0 Å². The van der Waals surface area contributed by atoms with Gasteiger partial charge in [-0.05, 0) is 18.9 Å². The molecule has 0 atom stereocenters. The predicted molar refractivity (Wildman–Crippen MR) is 69.1 cm³/mol. The number of thiocarbonyl (C=S) groups is 1. The highest BCUT2D eigenvalue weighted by Crippen LogP contribution is 2.49. The molecule has 1 fully saturated rings. The second kappa shape index (κ2) is 5.10. The molecular weight excluding hydrogens is 237 g/mol. The number of ether oxygens (including phenoxy) is 1. The lowest BCUT2D eigenvalue weighted by molar-refractivity contribution is 0.0786. The fourth-order valence-electron chi connectivity index (χ4n) is 1.91. The monoisotopic (exact) mass is 253 g/mol. The fraction of sp³-hybridized carbons (Fsp3) is 0.462. The summed E-state index contributed by atoms with van der Waals surface area (Å²) in [6, 6.07) is 6.67. The minimum absolute atomic E-state index is 0.136. The van der Waals surface area contributed by atoms with Crippen LogP contribution in [0.25, 0.3) is 0 Å². The summed E-state index contributed by atoms with van der Waals surface area (Å²) in [4.78, 5) is 0.539. The third kappa shape index (κ3) is 3.48. The quantitative estimate of drug-likeness (QED) is 0.792. The highest BCUT2D eigenvalue weighted by atomic mass is 32.1. The van der Waals surface area contributed by atoms with Crippen molar-refractivity contribution < 1.29 is 9.13 Å². The van der Waals surface area contributed by atoms with Crippen LogP contribution in [0.1, 0.15) is 24.8 Å². The first-order chi connectivity index (χ1) is 8.11. The number of hydrogen-bond donors (Lipinski definition) is 1. The van der Waals surface area contributed by atoms with Crippen LogP contribution in [0.15, 0.2) is 24.3 Å². The van der Waals surface area contributed by atoms with Crippen molar-refractivity contribution in [3.05, 3.63) is 35.6 Å². The van der Waals surface area contributed by atoms with Crippen LogP contribution in [0, 0.1) is 11.2 Å². The molecule has 1 aliphatic carbocycles. The number of halogens is 1. The molecule has 17 heavy (non-hydrogen) atoms. The van der Waals surface area contributed by atoms with Crippen LogP contribution in [-0.4, -0.2) is 11.6 Å². The van der Waals surface area contributed by atoms with Crippen molar-refractivity contribution in [1.29, 1.82) is 0 Å². The number of hydrogen-bond acceptors (Lipinski definition) is 2. The minimum Gasteiger partial charge on any atom is -0.393 e. The van der Waals surface area contributed by atoms with Gasteiger partial charge in [-0.25, -0.2) is 4.39 Å². The van der Waals surface area contributed by atoms with Crippen molar-refractivity contribution in [2.24, 2.45) is 11.1 Å². The number of benzene rings is 1. The first-order valence-electron chi connectivity index (χ1n) is 5.71. The van der Waals surface area contributed by atoms with Gasteiger partial charge in [0.1, 0.15) is 5.82 Å². The Balaban J connectivity index is 1.80. The summed E-state index contributed by atoms with van der Waals surface area (Å²) in [5, 5.41) is 0. The van der Waals surface area contributed by atoms with E-state index in [4.69, 9.17) is 22.7 Å². The van der Waals surface area contributed by atoms with Crippen molar-refractivity contribution in [3.8, 4) is 0 Å². The third-order valence-electron chi connectivity index (χ3n) is 3.13. The molecular formula is C13H16FNOS. The van der Waals surface area contributed by atoms with Crippen LogP contribution in [-0.2, 0) is 11.3 Å². The van der Waals surface area contributed by atoms with Crippen LogP contribution >= 0.6 is 12.2 Å². The van der Waals surface area contributed by atoms with Gasteiger partial charge in [-0.15, -0.1) is 0 Å². The second-order valence-electron chi connectivity index (χ2n) is 4.73. The Morgan fingerprint density at radius 2 is 2.12 bits per heavy atom. The molecule has 0 amide bonds. The summed E-state index contributed by atoms with van der Waals surface area (Å²) in [5.74, 6) is -0.216. The van der Waals surface area contributed by atoms with Gasteiger partial charge in [0.05, 0.1) is 18.2 Å². The van der Waals surface area contributed by atoms with Crippen LogP contribution in [0.4, 0.5) is 4.39 Å². The maximum atomic E-state index is 13.3. The van der Waals surface area contributed by atoms with Crippen LogP contribution < -0.4 is 5.73 Å². The lowest BCUT2D eigenvalue weighted by Crippen LogP contribution is -2.19. The molecule has 2 nitrogen and oxygen atoms in total. The molecule has 0 saturated heterocycles. The Labute approximate surface area is 106 Å². The fourth-order valence-corrected chi connectivity index (χ4v) is 2.22. The molecule has 0 heterocycles. The summed E-state index contributed by atoms with van der Waals surface area (Å²) < 4.78 is 18.9. The van der Waals surface area contributed by atoms with Gasteiger partial charge in [-0.2, -0.15) is 0 Å². The molecule has 92 valence electrons. The van der Waals surface area contributed by atoms with Crippen molar-refractivity contribution in [2.75, 3.05) is 6.61 Å². The maximum Gasteiger partial charge on any atom is 0.128 e. The van der Waals surface area contributed by atoms with Gasteiger partial charge in [0.15, 0.2) is 0 Å². The molecule has 2 N–H and O–H groups in total. The van der Waals surface area contributed by atoms with Crippen molar-refractivity contribution >= 4 is 17.2 Å². The summed E-state index contributed by atoms with van der Waals surface area (Å²) >= 11 is 4.91. The average molecular weight is 253 g/mol. The Morgan fingerprint density at radius 3 is 2.71 bits per heavy atom. The second-order valence-corrected chi connectivity index (χ2v) is 5.25. The molecule has 0 spiro atoms. The zero-order chi connectivity index (χ0) is 12.3. The molecule has 0 aromatic heterocycles. The van der Waals surface area contributed by atoms with E-state index >= 15 is 0 Å². The van der Waals surface area contributed by atoms with E-state index in [9.17, 15) is 4.39 Å². The van der Waals surface area contributed by atoms with Gasteiger partial charge in [0.25, 0.3) is 0 Å². The standard InChI is InChI=1S/C13H16FNOS/c14-11-4-2-1-3-10(11)8-16-9-13(5-6-13)7-12(15)17/h1-4H,5-9H2,(H2,15,17). The minimum atomic E-state index is -0.216. The molecule has 0 bridgehead atoms. The molecule has 1 aromatic carbocycles. The topological polar surface area (TPSA) is 35.2 Å². The summed E-state index contributed by atoms with van der Waals surface area (Å²) in [6.45, 7) is 0.921. The van der Waals surface area contributed by atoms with Crippen molar-refractivity contribution in [2.45, 2.75) is 25.9 Å². The molecule has 0 radical (unpaired) electrons. The first-order valence-corrected chi connectivity index (χ1v) is 6.12. The van der Waals surface area contributed by atoms with Gasteiger partial charge >= 0.3 is 0 Å². The zero-order valence-corrected chi connectivity index (χ0v) is 10.4. The normalized spacial score (nSPS) is 16.8. The van der Waals surface area contributed by atoms with Gasteiger partial charge in [0.2, 0.25) is 0 Å². The third-order valence-corrected chi connectivity index (χ3v) is 3.27. The van der Waals surface area contributed by atoms with E-state index in [2.05, 4.69) is 0 Å². The van der Waals surface area contributed by atoms with E-state index in [1.165, 1.54) is 6.07 Å². The van der Waals surface area contributed by atoms with Gasteiger partial charge in [0, 0.05) is 17.4 Å². The van der Waals surface area contributed by atoms with Crippen LogP contribution in [0.3, 0.4) is 0 Å².